The van der Waals surface area contributed by atoms with Crippen LogP contribution in [-0.4, -0.2) is 81.2 Å². The van der Waals surface area contributed by atoms with Crippen LogP contribution in [0.4, 0.5) is 8.78 Å². The number of aliphatic hydroxyl groups is 1. The number of ether oxygens (including phenoxy) is 5. The van der Waals surface area contributed by atoms with Gasteiger partial charge >= 0.3 is 0 Å². The molecule has 0 aliphatic carbocycles. The summed E-state index contributed by atoms with van der Waals surface area (Å²) < 4.78 is 59.5. The number of aliphatic hydroxyl groups excluding tert-OH is 1. The third-order valence-electron chi connectivity index (χ3n) is 5.61. The largest absolute Gasteiger partial charge is 0.390 e. The van der Waals surface area contributed by atoms with Crippen molar-refractivity contribution < 1.29 is 37.6 Å². The molecule has 192 valence electrons. The van der Waals surface area contributed by atoms with E-state index in [1.54, 1.807) is 0 Å². The number of hydrogen-bond donors (Lipinski definition) is 1. The van der Waals surface area contributed by atoms with Crippen LogP contribution in [0.3, 0.4) is 0 Å². The summed E-state index contributed by atoms with van der Waals surface area (Å²) >= 11 is 0. The van der Waals surface area contributed by atoms with E-state index in [4.69, 9.17) is 23.7 Å². The van der Waals surface area contributed by atoms with Gasteiger partial charge in [0.2, 0.25) is 0 Å². The van der Waals surface area contributed by atoms with Crippen molar-refractivity contribution >= 4 is 0 Å². The monoisotopic (exact) mass is 468 g/mol. The van der Waals surface area contributed by atoms with E-state index in [9.17, 15) is 13.9 Å². The van der Waals surface area contributed by atoms with Gasteiger partial charge in [0.05, 0.1) is 6.61 Å². The van der Waals surface area contributed by atoms with Crippen LogP contribution in [0.1, 0.15) is 79.1 Å². The molecule has 0 bridgehead atoms. The van der Waals surface area contributed by atoms with E-state index in [1.165, 1.54) is 0 Å². The molecular weight excluding hydrogens is 422 g/mol. The average molecular weight is 469 g/mol. The Balaban J connectivity index is 3.18. The molecule has 32 heavy (non-hydrogen) atoms. The molecule has 0 aromatic rings. The SMILES string of the molecule is CCCCOC[C@H]1O[C@@H](C(F)(F)CO)[C@H](OCCCC)[C@@H](OCCCC)[C@@H]1OCCCC. The van der Waals surface area contributed by atoms with Gasteiger partial charge in [-0.05, 0) is 25.7 Å². The predicted octanol–water partition coefficient (Wildman–Crippen LogP) is 4.75. The minimum absolute atomic E-state index is 0.129. The Morgan fingerprint density at radius 3 is 1.69 bits per heavy atom. The summed E-state index contributed by atoms with van der Waals surface area (Å²) in [5.41, 5.74) is 0. The molecule has 1 N–H and O–H groups in total. The van der Waals surface area contributed by atoms with Crippen LogP contribution in [0.25, 0.3) is 0 Å². The predicted molar refractivity (Wildman–Crippen MR) is 120 cm³/mol. The molecule has 1 fully saturated rings. The third-order valence-corrected chi connectivity index (χ3v) is 5.61. The van der Waals surface area contributed by atoms with Crippen LogP contribution in [0.15, 0.2) is 0 Å². The first-order valence-electron chi connectivity index (χ1n) is 12.5. The molecule has 0 aromatic carbocycles. The van der Waals surface area contributed by atoms with E-state index in [0.717, 1.165) is 51.4 Å². The molecule has 1 rings (SSSR count). The molecule has 0 unspecified atom stereocenters. The molecule has 1 aliphatic rings. The van der Waals surface area contributed by atoms with Crippen molar-refractivity contribution in [2.45, 2.75) is 116 Å². The van der Waals surface area contributed by atoms with Crippen LogP contribution < -0.4 is 0 Å². The van der Waals surface area contributed by atoms with Gasteiger partial charge in [-0.1, -0.05) is 53.4 Å². The maximum atomic E-state index is 14.8. The van der Waals surface area contributed by atoms with Crippen LogP contribution >= 0.6 is 0 Å². The zero-order chi connectivity index (χ0) is 23.8. The maximum Gasteiger partial charge on any atom is 0.298 e. The Bertz CT molecular complexity index is 454. The summed E-state index contributed by atoms with van der Waals surface area (Å²) in [4.78, 5) is 0. The van der Waals surface area contributed by atoms with Crippen molar-refractivity contribution in [3.63, 3.8) is 0 Å². The first-order chi connectivity index (χ1) is 15.5. The topological polar surface area (TPSA) is 66.4 Å². The van der Waals surface area contributed by atoms with Crippen molar-refractivity contribution in [2.24, 2.45) is 0 Å². The number of halogens is 2. The van der Waals surface area contributed by atoms with Gasteiger partial charge in [0.15, 0.2) is 6.10 Å². The smallest absolute Gasteiger partial charge is 0.298 e. The van der Waals surface area contributed by atoms with Gasteiger partial charge in [-0.15, -0.1) is 0 Å². The lowest BCUT2D eigenvalue weighted by atomic mass is 9.91. The van der Waals surface area contributed by atoms with Gasteiger partial charge in [-0.3, -0.25) is 0 Å². The van der Waals surface area contributed by atoms with E-state index in [-0.39, 0.29) is 6.61 Å². The Hall–Kier alpha value is -0.380. The number of unbranched alkanes of at least 4 members (excludes halogenated alkanes) is 4. The standard InChI is InChI=1S/C24H46F2O6/c1-5-9-13-28-17-19-20(29-14-10-6-2)21(30-15-11-7-3)22(31-16-12-8-4)23(32-19)24(25,26)18-27/h19-23,27H,5-18H2,1-4H3/t19-,20-,21+,22-,23-/m1/s1. The fourth-order valence-corrected chi connectivity index (χ4v) is 3.59. The Labute approximate surface area is 193 Å². The summed E-state index contributed by atoms with van der Waals surface area (Å²) in [6.45, 7) is 8.73. The van der Waals surface area contributed by atoms with Crippen LogP contribution in [0.5, 0.6) is 0 Å². The summed E-state index contributed by atoms with van der Waals surface area (Å²) in [5.74, 6) is -3.47. The van der Waals surface area contributed by atoms with E-state index < -0.39 is 43.0 Å². The van der Waals surface area contributed by atoms with Crippen molar-refractivity contribution in [1.29, 1.82) is 0 Å². The molecule has 0 saturated carbocycles. The zero-order valence-corrected chi connectivity index (χ0v) is 20.5. The molecule has 0 amide bonds. The lowest BCUT2D eigenvalue weighted by Gasteiger charge is -2.47. The minimum atomic E-state index is -3.47. The minimum Gasteiger partial charge on any atom is -0.390 e. The van der Waals surface area contributed by atoms with E-state index in [0.29, 0.717) is 26.4 Å². The molecule has 6 nitrogen and oxygen atoms in total. The molecule has 0 radical (unpaired) electrons. The first kappa shape index (κ1) is 29.7. The molecule has 1 heterocycles. The fraction of sp³-hybridized carbons (Fsp3) is 1.00. The molecule has 1 saturated heterocycles. The van der Waals surface area contributed by atoms with Crippen LogP contribution in [0.2, 0.25) is 0 Å². The van der Waals surface area contributed by atoms with Gasteiger partial charge in [0, 0.05) is 26.4 Å². The second kappa shape index (κ2) is 17.1. The highest BCUT2D eigenvalue weighted by Crippen LogP contribution is 2.36. The fourth-order valence-electron chi connectivity index (χ4n) is 3.59. The summed E-state index contributed by atoms with van der Waals surface area (Å²) in [7, 11) is 0. The average Bonchev–Trinajstić information content (AvgIpc) is 2.78. The van der Waals surface area contributed by atoms with Gasteiger partial charge in [0.1, 0.15) is 31.0 Å². The highest BCUT2D eigenvalue weighted by molar-refractivity contribution is 5.00. The summed E-state index contributed by atoms with van der Waals surface area (Å²) in [6.07, 6.45) is 2.26. The highest BCUT2D eigenvalue weighted by atomic mass is 19.3. The van der Waals surface area contributed by atoms with Crippen molar-refractivity contribution in [3.8, 4) is 0 Å². The van der Waals surface area contributed by atoms with Gasteiger partial charge in [-0.25, -0.2) is 8.78 Å². The molecule has 0 aromatic heterocycles. The first-order valence-corrected chi connectivity index (χ1v) is 12.5. The van der Waals surface area contributed by atoms with Crippen molar-refractivity contribution in [1.82, 2.24) is 0 Å². The molecule has 5 atom stereocenters. The number of rotatable bonds is 19. The second-order valence-corrected chi connectivity index (χ2v) is 8.51. The molecule has 8 heteroatoms. The van der Waals surface area contributed by atoms with Crippen molar-refractivity contribution in [3.05, 3.63) is 0 Å². The third kappa shape index (κ3) is 9.85. The lowest BCUT2D eigenvalue weighted by molar-refractivity contribution is -0.309. The van der Waals surface area contributed by atoms with Gasteiger partial charge < -0.3 is 28.8 Å². The number of alkyl halides is 2. The van der Waals surface area contributed by atoms with Crippen LogP contribution in [-0.2, 0) is 23.7 Å². The molecular formula is C24H46F2O6. The Morgan fingerprint density at radius 1 is 0.719 bits per heavy atom. The quantitative estimate of drug-likeness (QED) is 0.276. The second-order valence-electron chi connectivity index (χ2n) is 8.51. The highest BCUT2D eigenvalue weighted by Gasteiger charge is 2.56. The lowest BCUT2D eigenvalue weighted by Crippen LogP contribution is -2.66. The maximum absolute atomic E-state index is 14.8. The molecule has 1 aliphatic heterocycles. The zero-order valence-electron chi connectivity index (χ0n) is 20.5. The molecule has 0 spiro atoms. The van der Waals surface area contributed by atoms with E-state index >= 15 is 0 Å². The van der Waals surface area contributed by atoms with Crippen molar-refractivity contribution in [2.75, 3.05) is 39.6 Å². The Morgan fingerprint density at radius 2 is 1.19 bits per heavy atom. The number of hydrogen-bond acceptors (Lipinski definition) is 6. The summed E-state index contributed by atoms with van der Waals surface area (Å²) in [6, 6.07) is 0. The van der Waals surface area contributed by atoms with Gasteiger partial charge in [0.25, 0.3) is 5.92 Å². The van der Waals surface area contributed by atoms with Crippen LogP contribution in [0, 0.1) is 0 Å². The van der Waals surface area contributed by atoms with Gasteiger partial charge in [-0.2, -0.15) is 0 Å². The Kier molecular flexibility index (Phi) is 15.9. The van der Waals surface area contributed by atoms with E-state index in [2.05, 4.69) is 13.8 Å². The summed E-state index contributed by atoms with van der Waals surface area (Å²) in [5, 5.41) is 9.42. The van der Waals surface area contributed by atoms with E-state index in [1.807, 2.05) is 13.8 Å². The normalized spacial score (nSPS) is 26.5.